The van der Waals surface area contributed by atoms with E-state index in [2.05, 4.69) is 49.8 Å². The summed E-state index contributed by atoms with van der Waals surface area (Å²) in [6.07, 6.45) is 0.498. The Labute approximate surface area is 188 Å². The van der Waals surface area contributed by atoms with Crippen LogP contribution in [0.3, 0.4) is 0 Å². The highest BCUT2D eigenvalue weighted by molar-refractivity contribution is 9.10. The maximum atomic E-state index is 13.2. The highest BCUT2D eigenvalue weighted by atomic mass is 79.9. The van der Waals surface area contributed by atoms with E-state index < -0.39 is 19.8 Å². The van der Waals surface area contributed by atoms with Crippen molar-refractivity contribution in [3.63, 3.8) is 0 Å². The molecule has 2 saturated heterocycles. The molecule has 3 rings (SSSR count). The molecule has 2 aliphatic heterocycles. The predicted octanol–water partition coefficient (Wildman–Crippen LogP) is 3.92. The maximum absolute atomic E-state index is 13.2. The molecule has 8 heteroatoms. The number of methoxy groups -OCH3 is 1. The molecule has 1 aromatic carbocycles. The van der Waals surface area contributed by atoms with E-state index in [1.54, 1.807) is 4.90 Å². The second-order valence-corrected chi connectivity index (χ2v) is 15.5. The second kappa shape index (κ2) is 8.37. The lowest BCUT2D eigenvalue weighted by molar-refractivity contribution is -0.169. The van der Waals surface area contributed by atoms with Gasteiger partial charge < -0.3 is 18.8 Å². The van der Waals surface area contributed by atoms with E-state index in [-0.39, 0.29) is 29.7 Å². The van der Waals surface area contributed by atoms with E-state index in [0.717, 1.165) is 10.0 Å². The Kier molecular flexibility index (Phi) is 6.54. The van der Waals surface area contributed by atoms with Gasteiger partial charge in [-0.1, -0.05) is 48.8 Å². The lowest BCUT2D eigenvalue weighted by Crippen LogP contribution is -2.61. The lowest BCUT2D eigenvalue weighted by atomic mass is 9.87. The monoisotopic (exact) mass is 497 g/mol. The summed E-state index contributed by atoms with van der Waals surface area (Å²) in [6.45, 7) is 11.3. The average Bonchev–Trinajstić information content (AvgIpc) is 2.95. The van der Waals surface area contributed by atoms with Crippen LogP contribution in [0.1, 0.15) is 32.8 Å². The maximum Gasteiger partial charge on any atom is 0.332 e. The number of carbonyl (C=O) groups excluding carboxylic acids is 2. The number of nitrogens with zero attached hydrogens (tertiary/aromatic N) is 1. The van der Waals surface area contributed by atoms with Crippen LogP contribution in [-0.4, -0.2) is 63.1 Å². The highest BCUT2D eigenvalue weighted by Crippen LogP contribution is 2.45. The van der Waals surface area contributed by atoms with E-state index in [1.165, 1.54) is 7.11 Å². The molecule has 1 amide bonds. The van der Waals surface area contributed by atoms with Crippen LogP contribution in [0.25, 0.3) is 0 Å². The fraction of sp³-hybridized carbons (Fsp3) is 0.636. The highest BCUT2D eigenvalue weighted by Gasteiger charge is 2.61. The van der Waals surface area contributed by atoms with Gasteiger partial charge in [0.1, 0.15) is 12.1 Å². The summed E-state index contributed by atoms with van der Waals surface area (Å²) in [5.74, 6) is -0.586. The van der Waals surface area contributed by atoms with Crippen LogP contribution in [0, 0.1) is 0 Å². The normalized spacial score (nSPS) is 27.2. The zero-order chi connectivity index (χ0) is 22.3. The summed E-state index contributed by atoms with van der Waals surface area (Å²) in [4.78, 5) is 27.9. The van der Waals surface area contributed by atoms with Gasteiger partial charge in [-0.15, -0.1) is 0 Å². The molecule has 2 heterocycles. The predicted molar refractivity (Wildman–Crippen MR) is 121 cm³/mol. The summed E-state index contributed by atoms with van der Waals surface area (Å²) < 4.78 is 18.5. The van der Waals surface area contributed by atoms with E-state index in [4.69, 9.17) is 13.9 Å². The van der Waals surface area contributed by atoms with Gasteiger partial charge in [-0.05, 0) is 35.8 Å². The third-order valence-corrected chi connectivity index (χ3v) is 11.7. The Bertz CT molecular complexity index is 824. The smallest absolute Gasteiger partial charge is 0.332 e. The molecule has 0 aromatic heterocycles. The number of esters is 1. The first-order valence-electron chi connectivity index (χ1n) is 10.3. The Balaban J connectivity index is 2.04. The van der Waals surface area contributed by atoms with Crippen LogP contribution < -0.4 is 0 Å². The van der Waals surface area contributed by atoms with Crippen molar-refractivity contribution >= 4 is 36.1 Å². The number of morpholine rings is 1. The number of halogens is 1. The summed E-state index contributed by atoms with van der Waals surface area (Å²) in [6, 6.07) is 7.52. The van der Waals surface area contributed by atoms with Gasteiger partial charge in [0.15, 0.2) is 8.32 Å². The van der Waals surface area contributed by atoms with E-state index in [9.17, 15) is 9.59 Å². The fourth-order valence-corrected chi connectivity index (χ4v) is 6.05. The number of fused-ring (bicyclic) bond motifs is 1. The standard InChI is InChI=1S/C22H32BrNO5Si/c1-21(2,3)30(5,6)29-18-12-22(20(26)27-4,11-15-8-7-9-16(23)10-15)24-17(18)13-28-14-19(24)25/h7-10,17-18H,11-14H2,1-6H3/t17-,18-,22-/m0/s1. The van der Waals surface area contributed by atoms with Crippen molar-refractivity contribution in [3.8, 4) is 0 Å². The molecule has 6 nitrogen and oxygen atoms in total. The molecule has 1 aromatic rings. The average molecular weight is 498 g/mol. The molecule has 0 radical (unpaired) electrons. The molecule has 166 valence electrons. The largest absolute Gasteiger partial charge is 0.467 e. The molecule has 0 bridgehead atoms. The quantitative estimate of drug-likeness (QED) is 0.455. The van der Waals surface area contributed by atoms with Crippen molar-refractivity contribution in [1.29, 1.82) is 0 Å². The number of amides is 1. The summed E-state index contributed by atoms with van der Waals surface area (Å²) >= 11 is 3.50. The zero-order valence-corrected chi connectivity index (χ0v) is 21.2. The molecule has 0 unspecified atom stereocenters. The number of benzene rings is 1. The summed E-state index contributed by atoms with van der Waals surface area (Å²) in [7, 11) is -0.748. The van der Waals surface area contributed by atoms with Crippen LogP contribution in [0.5, 0.6) is 0 Å². The van der Waals surface area contributed by atoms with Gasteiger partial charge in [0.2, 0.25) is 5.91 Å². The van der Waals surface area contributed by atoms with Crippen molar-refractivity contribution in [3.05, 3.63) is 34.3 Å². The first kappa shape index (κ1) is 23.4. The molecular weight excluding hydrogens is 466 g/mol. The van der Waals surface area contributed by atoms with Gasteiger partial charge in [-0.3, -0.25) is 4.79 Å². The van der Waals surface area contributed by atoms with Crippen molar-refractivity contribution in [2.75, 3.05) is 20.3 Å². The molecule has 3 atom stereocenters. The first-order chi connectivity index (χ1) is 13.9. The fourth-order valence-electron chi connectivity index (χ4n) is 4.25. The first-order valence-corrected chi connectivity index (χ1v) is 14.0. The van der Waals surface area contributed by atoms with Crippen molar-refractivity contribution < 1.29 is 23.5 Å². The van der Waals surface area contributed by atoms with Crippen LogP contribution in [0.15, 0.2) is 28.7 Å². The third kappa shape index (κ3) is 4.24. The molecular formula is C22H32BrNO5Si. The van der Waals surface area contributed by atoms with Gasteiger partial charge in [-0.25, -0.2) is 4.79 Å². The van der Waals surface area contributed by atoms with Gasteiger partial charge in [0, 0.05) is 17.3 Å². The van der Waals surface area contributed by atoms with Crippen LogP contribution in [-0.2, 0) is 29.9 Å². The van der Waals surface area contributed by atoms with Crippen LogP contribution >= 0.6 is 15.9 Å². The van der Waals surface area contributed by atoms with E-state index >= 15 is 0 Å². The summed E-state index contributed by atoms with van der Waals surface area (Å²) in [5, 5.41) is 0.0121. The Hall–Kier alpha value is -1.22. The van der Waals surface area contributed by atoms with Crippen molar-refractivity contribution in [2.45, 2.75) is 69.4 Å². The van der Waals surface area contributed by atoms with E-state index in [1.807, 2.05) is 24.3 Å². The number of hydrogen-bond acceptors (Lipinski definition) is 5. The SMILES string of the molecule is COC(=O)[C@]1(Cc2cccc(Br)c2)C[C@H](O[Si](C)(C)C(C)(C)C)[C@@H]2COCC(=O)N21. The van der Waals surface area contributed by atoms with Crippen LogP contribution in [0.4, 0.5) is 0 Å². The van der Waals surface area contributed by atoms with Gasteiger partial charge in [0.05, 0.1) is 25.9 Å². The number of hydrogen-bond donors (Lipinski definition) is 0. The van der Waals surface area contributed by atoms with Crippen molar-refractivity contribution in [2.24, 2.45) is 0 Å². The minimum Gasteiger partial charge on any atom is -0.467 e. The van der Waals surface area contributed by atoms with Crippen molar-refractivity contribution in [1.82, 2.24) is 4.90 Å². The molecule has 0 saturated carbocycles. The molecule has 2 aliphatic rings. The number of carbonyl (C=O) groups is 2. The molecule has 0 spiro atoms. The lowest BCUT2D eigenvalue weighted by Gasteiger charge is -2.42. The number of ether oxygens (including phenoxy) is 2. The molecule has 2 fully saturated rings. The van der Waals surface area contributed by atoms with Crippen LogP contribution in [0.2, 0.25) is 18.1 Å². The molecule has 0 N–H and O–H groups in total. The Morgan fingerprint density at radius 3 is 2.67 bits per heavy atom. The molecule has 30 heavy (non-hydrogen) atoms. The van der Waals surface area contributed by atoms with Gasteiger partial charge >= 0.3 is 5.97 Å². The number of rotatable bonds is 5. The Morgan fingerprint density at radius 1 is 1.37 bits per heavy atom. The van der Waals surface area contributed by atoms with Gasteiger partial charge in [-0.2, -0.15) is 0 Å². The summed E-state index contributed by atoms with van der Waals surface area (Å²) in [5.41, 5.74) is -0.144. The zero-order valence-electron chi connectivity index (χ0n) is 18.7. The van der Waals surface area contributed by atoms with E-state index in [0.29, 0.717) is 19.4 Å². The minimum atomic E-state index is -2.13. The van der Waals surface area contributed by atoms with Gasteiger partial charge in [0.25, 0.3) is 0 Å². The third-order valence-electron chi connectivity index (χ3n) is 6.75. The Morgan fingerprint density at radius 2 is 2.07 bits per heavy atom. The topological polar surface area (TPSA) is 65.1 Å². The second-order valence-electron chi connectivity index (χ2n) is 9.80. The minimum absolute atomic E-state index is 0.0121. The molecule has 0 aliphatic carbocycles.